The van der Waals surface area contributed by atoms with Crippen LogP contribution in [0.1, 0.15) is 30.5 Å². The summed E-state index contributed by atoms with van der Waals surface area (Å²) in [6, 6.07) is 18.0. The second-order valence-corrected chi connectivity index (χ2v) is 13.7. The number of carbonyl (C=O) groups excluding carboxylic acids is 2. The van der Waals surface area contributed by atoms with Gasteiger partial charge in [0.05, 0.1) is 23.2 Å². The average Bonchev–Trinajstić information content (AvgIpc) is 3.98. The third-order valence-corrected chi connectivity index (χ3v) is 10.6. The SMILES string of the molecule is Cc1noc2ccc(-c3n[nH]c4ccc(N5CC[C@]6(CCN(CC(=O)N7CC=C(c8ccc(-c9ncn(C)n9)cc8)CC7)C6)C5=O)nc34)cc12. The molecule has 0 bridgehead atoms. The van der Waals surface area contributed by atoms with Gasteiger partial charge in [-0.15, -0.1) is 0 Å². The Balaban J connectivity index is 0.844. The highest BCUT2D eigenvalue weighted by molar-refractivity contribution is 6.01. The summed E-state index contributed by atoms with van der Waals surface area (Å²) < 4.78 is 7.07. The minimum Gasteiger partial charge on any atom is -0.356 e. The van der Waals surface area contributed by atoms with E-state index in [1.165, 1.54) is 5.57 Å². The fraction of sp³-hybridized carbons (Fsp3) is 0.324. The van der Waals surface area contributed by atoms with Crippen LogP contribution in [-0.2, 0) is 16.6 Å². The molecular formula is C37H36N10O3. The molecule has 3 aliphatic rings. The molecule has 2 saturated heterocycles. The van der Waals surface area contributed by atoms with E-state index >= 15 is 0 Å². The van der Waals surface area contributed by atoms with E-state index in [-0.39, 0.29) is 11.8 Å². The molecule has 2 fully saturated rings. The number of aromatic amines is 1. The van der Waals surface area contributed by atoms with Crippen molar-refractivity contribution < 1.29 is 14.1 Å². The lowest BCUT2D eigenvalue weighted by atomic mass is 9.85. The first-order valence-electron chi connectivity index (χ1n) is 17.0. The van der Waals surface area contributed by atoms with Crippen molar-refractivity contribution in [2.45, 2.75) is 26.2 Å². The topological polar surface area (TPSA) is 142 Å². The molecule has 50 heavy (non-hydrogen) atoms. The number of hydrogen-bond donors (Lipinski definition) is 1. The van der Waals surface area contributed by atoms with E-state index < -0.39 is 5.41 Å². The third kappa shape index (κ3) is 5.16. The predicted octanol–water partition coefficient (Wildman–Crippen LogP) is 4.61. The van der Waals surface area contributed by atoms with Crippen molar-refractivity contribution in [3.05, 3.63) is 78.3 Å². The first-order valence-corrected chi connectivity index (χ1v) is 17.0. The molecule has 6 aromatic rings. The molecule has 13 nitrogen and oxygen atoms in total. The zero-order valence-corrected chi connectivity index (χ0v) is 28.0. The van der Waals surface area contributed by atoms with Crippen molar-refractivity contribution in [2.24, 2.45) is 12.5 Å². The van der Waals surface area contributed by atoms with Crippen LogP contribution in [0.25, 0.3) is 50.2 Å². The number of anilines is 1. The Kier molecular flexibility index (Phi) is 7.12. The van der Waals surface area contributed by atoms with Gasteiger partial charge < -0.3 is 9.42 Å². The molecule has 0 radical (unpaired) electrons. The summed E-state index contributed by atoms with van der Waals surface area (Å²) in [5, 5.41) is 17.0. The van der Waals surface area contributed by atoms with Crippen LogP contribution >= 0.6 is 0 Å². The Bertz CT molecular complexity index is 2320. The van der Waals surface area contributed by atoms with Gasteiger partial charge in [0.1, 0.15) is 23.4 Å². The molecule has 252 valence electrons. The van der Waals surface area contributed by atoms with Crippen LogP contribution in [0, 0.1) is 12.3 Å². The Morgan fingerprint density at radius 3 is 2.62 bits per heavy atom. The number of pyridine rings is 1. The molecule has 0 aliphatic carbocycles. The standard InChI is InChI=1S/C37H36N10O3/c1-23-28-19-27(7-9-30(28)50-43-23)33-34-29(40-41-33)8-10-31(39-34)47-18-14-37(36(47)49)13-17-45(21-37)20-32(48)46-15-11-25(12-16-46)24-3-5-26(6-4-24)35-38-22-44(2)42-35/h3-11,19,22H,12-18,20-21H2,1-2H3,(H,40,41)/t37-/m0/s1. The molecule has 13 heteroatoms. The maximum Gasteiger partial charge on any atom is 0.237 e. The van der Waals surface area contributed by atoms with Gasteiger partial charge in [-0.05, 0) is 74.2 Å². The number of rotatable bonds is 6. The number of benzene rings is 2. The van der Waals surface area contributed by atoms with Gasteiger partial charge in [0, 0.05) is 49.7 Å². The van der Waals surface area contributed by atoms with E-state index in [0.717, 1.165) is 64.7 Å². The molecular weight excluding hydrogens is 632 g/mol. The van der Waals surface area contributed by atoms with Gasteiger partial charge in [0.15, 0.2) is 11.4 Å². The van der Waals surface area contributed by atoms with Crippen molar-refractivity contribution in [1.82, 2.24) is 44.9 Å². The lowest BCUT2D eigenvalue weighted by Gasteiger charge is -2.29. The maximum atomic E-state index is 14.0. The van der Waals surface area contributed by atoms with E-state index in [1.54, 1.807) is 11.0 Å². The zero-order chi connectivity index (χ0) is 34.0. The number of likely N-dealkylation sites (tertiary alicyclic amines) is 1. The number of nitrogens with one attached hydrogen (secondary N) is 1. The summed E-state index contributed by atoms with van der Waals surface area (Å²) in [5.41, 5.74) is 7.53. The number of aromatic nitrogens is 7. The molecule has 0 saturated carbocycles. The minimum atomic E-state index is -0.501. The Morgan fingerprint density at radius 2 is 1.82 bits per heavy atom. The molecule has 0 unspecified atom stereocenters. The number of nitrogens with zero attached hydrogens (tertiary/aromatic N) is 9. The van der Waals surface area contributed by atoms with Gasteiger partial charge in [0.2, 0.25) is 11.8 Å². The Hall–Kier alpha value is -5.69. The van der Waals surface area contributed by atoms with Gasteiger partial charge in [-0.3, -0.25) is 29.2 Å². The molecule has 2 amide bonds. The summed E-state index contributed by atoms with van der Waals surface area (Å²) >= 11 is 0. The van der Waals surface area contributed by atoms with E-state index in [4.69, 9.17) is 9.51 Å². The highest BCUT2D eigenvalue weighted by atomic mass is 16.5. The van der Waals surface area contributed by atoms with Crippen LogP contribution in [0.2, 0.25) is 0 Å². The summed E-state index contributed by atoms with van der Waals surface area (Å²) in [5.74, 6) is 1.52. The fourth-order valence-electron chi connectivity index (χ4n) is 7.71. The maximum absolute atomic E-state index is 14.0. The Labute approximate surface area is 287 Å². The second-order valence-electron chi connectivity index (χ2n) is 13.7. The number of amides is 2. The summed E-state index contributed by atoms with van der Waals surface area (Å²) in [6.07, 6.45) is 6.13. The minimum absolute atomic E-state index is 0.0845. The highest BCUT2D eigenvalue weighted by Crippen LogP contribution is 2.42. The number of carbonyl (C=O) groups is 2. The van der Waals surface area contributed by atoms with Crippen molar-refractivity contribution in [3.8, 4) is 22.6 Å². The van der Waals surface area contributed by atoms with Crippen molar-refractivity contribution in [3.63, 3.8) is 0 Å². The van der Waals surface area contributed by atoms with Gasteiger partial charge in [-0.1, -0.05) is 35.5 Å². The first kappa shape index (κ1) is 30.4. The molecule has 3 aliphatic heterocycles. The van der Waals surface area contributed by atoms with Crippen molar-refractivity contribution in [1.29, 1.82) is 0 Å². The van der Waals surface area contributed by atoms with Crippen LogP contribution in [0.5, 0.6) is 0 Å². The zero-order valence-electron chi connectivity index (χ0n) is 28.0. The van der Waals surface area contributed by atoms with Crippen LogP contribution in [0.15, 0.2) is 71.5 Å². The van der Waals surface area contributed by atoms with Crippen LogP contribution in [-0.4, -0.2) is 96.0 Å². The lowest BCUT2D eigenvalue weighted by Crippen LogP contribution is -2.43. The van der Waals surface area contributed by atoms with Crippen LogP contribution in [0.4, 0.5) is 5.82 Å². The van der Waals surface area contributed by atoms with Gasteiger partial charge in [0.25, 0.3) is 0 Å². The number of fused-ring (bicyclic) bond motifs is 2. The first-order chi connectivity index (χ1) is 24.3. The summed E-state index contributed by atoms with van der Waals surface area (Å²) in [6.45, 7) is 5.39. The van der Waals surface area contributed by atoms with Gasteiger partial charge >= 0.3 is 0 Å². The Morgan fingerprint density at radius 1 is 1.00 bits per heavy atom. The van der Waals surface area contributed by atoms with E-state index in [1.807, 2.05) is 66.2 Å². The van der Waals surface area contributed by atoms with Crippen LogP contribution in [0.3, 0.4) is 0 Å². The largest absolute Gasteiger partial charge is 0.356 e. The smallest absolute Gasteiger partial charge is 0.237 e. The highest BCUT2D eigenvalue weighted by Gasteiger charge is 2.51. The quantitative estimate of drug-likeness (QED) is 0.269. The molecule has 2 aromatic carbocycles. The fourth-order valence-corrected chi connectivity index (χ4v) is 7.71. The lowest BCUT2D eigenvalue weighted by molar-refractivity contribution is -0.132. The van der Waals surface area contributed by atoms with Gasteiger partial charge in [-0.2, -0.15) is 10.2 Å². The summed E-state index contributed by atoms with van der Waals surface area (Å²) in [4.78, 5) is 42.6. The molecule has 1 N–H and O–H groups in total. The third-order valence-electron chi connectivity index (χ3n) is 10.6. The molecule has 9 rings (SSSR count). The van der Waals surface area contributed by atoms with E-state index in [2.05, 4.69) is 48.5 Å². The van der Waals surface area contributed by atoms with Crippen LogP contribution < -0.4 is 4.90 Å². The number of hydrogen-bond acceptors (Lipinski definition) is 9. The van der Waals surface area contributed by atoms with Crippen molar-refractivity contribution >= 4 is 45.2 Å². The molecule has 1 atom stereocenters. The normalized spacial score (nSPS) is 19.8. The average molecular weight is 669 g/mol. The summed E-state index contributed by atoms with van der Waals surface area (Å²) in [7, 11) is 1.86. The molecule has 4 aromatic heterocycles. The molecule has 1 spiro atoms. The second kappa shape index (κ2) is 11.7. The predicted molar refractivity (Wildman–Crippen MR) is 188 cm³/mol. The van der Waals surface area contributed by atoms with Crippen molar-refractivity contribution in [2.75, 3.05) is 44.2 Å². The number of aryl methyl sites for hydroxylation is 2. The monoisotopic (exact) mass is 668 g/mol. The van der Waals surface area contributed by atoms with E-state index in [9.17, 15) is 9.59 Å². The molecule has 7 heterocycles. The van der Waals surface area contributed by atoms with Gasteiger partial charge in [-0.25, -0.2) is 9.97 Å². The van der Waals surface area contributed by atoms with E-state index in [0.29, 0.717) is 55.6 Å². The number of H-pyrrole nitrogens is 1.